The molecule has 1 aliphatic rings. The minimum absolute atomic E-state index is 0.0270. The van der Waals surface area contributed by atoms with Crippen LogP contribution in [-0.2, 0) is 0 Å². The fraction of sp³-hybridized carbons (Fsp3) is 0.333. The first-order chi connectivity index (χ1) is 9.61. The molecule has 0 radical (unpaired) electrons. The molecular weight excluding hydrogens is 266 g/mol. The second-order valence-electron chi connectivity index (χ2n) is 4.17. The number of rotatable bonds is 6. The Morgan fingerprint density at radius 1 is 1.50 bits per heavy atom. The van der Waals surface area contributed by atoms with E-state index in [0.29, 0.717) is 31.5 Å². The van der Waals surface area contributed by atoms with E-state index in [4.69, 9.17) is 4.74 Å². The van der Waals surface area contributed by atoms with Crippen molar-refractivity contribution in [2.75, 3.05) is 26.2 Å². The molecule has 1 aromatic carbocycles. The first kappa shape index (κ1) is 13.8. The van der Waals surface area contributed by atoms with Crippen molar-refractivity contribution in [3.8, 4) is 5.75 Å². The van der Waals surface area contributed by atoms with Crippen LogP contribution in [0.15, 0.2) is 18.2 Å². The van der Waals surface area contributed by atoms with Crippen LogP contribution in [0.3, 0.4) is 0 Å². The predicted molar refractivity (Wildman–Crippen MR) is 69.0 cm³/mol. The Balaban J connectivity index is 2.01. The lowest BCUT2D eigenvalue weighted by molar-refractivity contribution is -0.385. The molecule has 1 saturated heterocycles. The van der Waals surface area contributed by atoms with Gasteiger partial charge in [0.05, 0.1) is 11.5 Å². The van der Waals surface area contributed by atoms with Crippen LogP contribution >= 0.6 is 0 Å². The van der Waals surface area contributed by atoms with Crippen LogP contribution in [0.5, 0.6) is 5.75 Å². The maximum Gasteiger partial charge on any atom is 0.317 e. The fourth-order valence-electron chi connectivity index (χ4n) is 1.86. The average molecular weight is 279 g/mol. The highest BCUT2D eigenvalue weighted by Gasteiger charge is 2.20. The molecule has 0 spiro atoms. The zero-order valence-corrected chi connectivity index (χ0v) is 10.6. The number of amides is 2. The number of nitrogens with zero attached hydrogens (tertiary/aromatic N) is 2. The lowest BCUT2D eigenvalue weighted by Crippen LogP contribution is -2.31. The van der Waals surface area contributed by atoms with Crippen molar-refractivity contribution in [1.29, 1.82) is 0 Å². The van der Waals surface area contributed by atoms with E-state index < -0.39 is 4.92 Å². The molecule has 0 atom stereocenters. The van der Waals surface area contributed by atoms with Crippen molar-refractivity contribution in [2.24, 2.45) is 0 Å². The van der Waals surface area contributed by atoms with E-state index in [-0.39, 0.29) is 24.1 Å². The molecule has 1 aromatic rings. The van der Waals surface area contributed by atoms with E-state index in [0.717, 1.165) is 0 Å². The molecule has 8 nitrogen and oxygen atoms in total. The summed E-state index contributed by atoms with van der Waals surface area (Å²) < 4.78 is 5.33. The van der Waals surface area contributed by atoms with Gasteiger partial charge in [0.2, 0.25) is 0 Å². The van der Waals surface area contributed by atoms with Gasteiger partial charge in [0.15, 0.2) is 5.75 Å². The third-order valence-electron chi connectivity index (χ3n) is 2.88. The Labute approximate surface area is 114 Å². The van der Waals surface area contributed by atoms with E-state index in [1.807, 2.05) is 0 Å². The van der Waals surface area contributed by atoms with Gasteiger partial charge in [-0.15, -0.1) is 0 Å². The number of nitro groups is 1. The molecule has 0 aromatic heterocycles. The number of hydrogen-bond donors (Lipinski definition) is 1. The molecule has 0 saturated carbocycles. The lowest BCUT2D eigenvalue weighted by atomic mass is 10.2. The highest BCUT2D eigenvalue weighted by molar-refractivity contribution is 5.77. The van der Waals surface area contributed by atoms with E-state index in [1.165, 1.54) is 18.2 Å². The largest absolute Gasteiger partial charge is 0.485 e. The summed E-state index contributed by atoms with van der Waals surface area (Å²) in [7, 11) is 0. The minimum atomic E-state index is -0.577. The van der Waals surface area contributed by atoms with Gasteiger partial charge < -0.3 is 15.0 Å². The first-order valence-corrected chi connectivity index (χ1v) is 6.01. The second-order valence-corrected chi connectivity index (χ2v) is 4.17. The van der Waals surface area contributed by atoms with Crippen LogP contribution in [0, 0.1) is 10.1 Å². The summed E-state index contributed by atoms with van der Waals surface area (Å²) in [6.07, 6.45) is 0.588. The Bertz CT molecular complexity index is 546. The van der Waals surface area contributed by atoms with Gasteiger partial charge in [0, 0.05) is 24.7 Å². The van der Waals surface area contributed by atoms with Gasteiger partial charge in [0.1, 0.15) is 12.9 Å². The molecule has 2 rings (SSSR count). The number of aldehydes is 1. The summed E-state index contributed by atoms with van der Waals surface area (Å²) >= 11 is 0. The maximum atomic E-state index is 11.3. The number of hydrogen-bond acceptors (Lipinski definition) is 5. The van der Waals surface area contributed by atoms with Crippen LogP contribution in [0.1, 0.15) is 10.4 Å². The number of nitro benzene ring substituents is 1. The van der Waals surface area contributed by atoms with E-state index in [1.54, 1.807) is 4.90 Å². The van der Waals surface area contributed by atoms with E-state index in [2.05, 4.69) is 5.32 Å². The Kier molecular flexibility index (Phi) is 4.14. The van der Waals surface area contributed by atoms with Crippen molar-refractivity contribution in [2.45, 2.75) is 0 Å². The topological polar surface area (TPSA) is 102 Å². The van der Waals surface area contributed by atoms with Gasteiger partial charge in [-0.1, -0.05) is 0 Å². The molecule has 106 valence electrons. The summed E-state index contributed by atoms with van der Waals surface area (Å²) in [5, 5.41) is 13.5. The minimum Gasteiger partial charge on any atom is -0.485 e. The predicted octanol–water partition coefficient (Wildman–Crippen LogP) is 0.811. The summed E-state index contributed by atoms with van der Waals surface area (Å²) in [5.41, 5.74) is 0.0889. The van der Waals surface area contributed by atoms with Crippen LogP contribution in [0.4, 0.5) is 10.5 Å². The van der Waals surface area contributed by atoms with Crippen molar-refractivity contribution in [3.05, 3.63) is 33.9 Å². The van der Waals surface area contributed by atoms with E-state index >= 15 is 0 Å². The molecule has 8 heteroatoms. The highest BCUT2D eigenvalue weighted by atomic mass is 16.6. The summed E-state index contributed by atoms with van der Waals surface area (Å²) in [6, 6.07) is 3.72. The van der Waals surface area contributed by atoms with E-state index in [9.17, 15) is 19.7 Å². The van der Waals surface area contributed by atoms with Gasteiger partial charge in [-0.25, -0.2) is 4.79 Å². The molecule has 1 heterocycles. The Morgan fingerprint density at radius 2 is 2.30 bits per heavy atom. The zero-order valence-electron chi connectivity index (χ0n) is 10.6. The Hall–Kier alpha value is -2.64. The number of carbonyl (C=O) groups is 2. The van der Waals surface area contributed by atoms with Gasteiger partial charge in [-0.3, -0.25) is 14.9 Å². The molecule has 0 unspecified atom stereocenters. The molecule has 1 fully saturated rings. The summed E-state index contributed by atoms with van der Waals surface area (Å²) in [6.45, 7) is 1.61. The number of nitrogens with one attached hydrogen (secondary N) is 1. The smallest absolute Gasteiger partial charge is 0.317 e. The van der Waals surface area contributed by atoms with Crippen LogP contribution < -0.4 is 10.1 Å². The summed E-state index contributed by atoms with van der Waals surface area (Å²) in [4.78, 5) is 33.8. The molecular formula is C12H13N3O5. The fourth-order valence-corrected chi connectivity index (χ4v) is 1.86. The highest BCUT2D eigenvalue weighted by Crippen LogP contribution is 2.27. The molecule has 2 amide bonds. The molecule has 0 aliphatic carbocycles. The Morgan fingerprint density at radius 3 is 2.90 bits per heavy atom. The van der Waals surface area contributed by atoms with Gasteiger partial charge in [0.25, 0.3) is 0 Å². The number of urea groups is 1. The zero-order chi connectivity index (χ0) is 14.5. The summed E-state index contributed by atoms with van der Waals surface area (Å²) in [5.74, 6) is 0.0270. The van der Waals surface area contributed by atoms with Crippen molar-refractivity contribution < 1.29 is 19.2 Å². The van der Waals surface area contributed by atoms with Gasteiger partial charge >= 0.3 is 11.7 Å². The van der Waals surface area contributed by atoms with Crippen LogP contribution in [0.2, 0.25) is 0 Å². The third-order valence-corrected chi connectivity index (χ3v) is 2.88. The van der Waals surface area contributed by atoms with Gasteiger partial charge in [-0.2, -0.15) is 0 Å². The average Bonchev–Trinajstić information content (AvgIpc) is 2.84. The normalized spacial score (nSPS) is 14.0. The number of carbonyl (C=O) groups excluding carboxylic acids is 2. The number of benzene rings is 1. The SMILES string of the molecule is O=Cc1ccc([N+](=O)[O-])c(OCCN2CCNC2=O)c1. The molecule has 0 bridgehead atoms. The van der Waals surface area contributed by atoms with Crippen LogP contribution in [0.25, 0.3) is 0 Å². The third kappa shape index (κ3) is 3.02. The monoisotopic (exact) mass is 279 g/mol. The first-order valence-electron chi connectivity index (χ1n) is 6.01. The van der Waals surface area contributed by atoms with Crippen molar-refractivity contribution in [1.82, 2.24) is 10.2 Å². The van der Waals surface area contributed by atoms with Crippen molar-refractivity contribution >= 4 is 18.0 Å². The maximum absolute atomic E-state index is 11.3. The quantitative estimate of drug-likeness (QED) is 0.471. The molecule has 1 N–H and O–H groups in total. The van der Waals surface area contributed by atoms with Gasteiger partial charge in [-0.05, 0) is 12.1 Å². The second kappa shape index (κ2) is 6.00. The van der Waals surface area contributed by atoms with Crippen LogP contribution in [-0.4, -0.2) is 48.4 Å². The van der Waals surface area contributed by atoms with Crippen molar-refractivity contribution in [3.63, 3.8) is 0 Å². The number of ether oxygens (including phenoxy) is 1. The standard InChI is InChI=1S/C12H13N3O5/c16-8-9-1-2-10(15(18)19)11(7-9)20-6-5-14-4-3-13-12(14)17/h1-2,7-8H,3-6H2,(H,13,17). The lowest BCUT2D eigenvalue weighted by Gasteiger charge is -2.14. The molecule has 1 aliphatic heterocycles. The molecule has 20 heavy (non-hydrogen) atoms.